The van der Waals surface area contributed by atoms with Crippen LogP contribution in [-0.2, 0) is 0 Å². The van der Waals surface area contributed by atoms with E-state index in [9.17, 15) is 4.79 Å². The molecule has 0 spiro atoms. The lowest BCUT2D eigenvalue weighted by Crippen LogP contribution is -2.33. The topological polar surface area (TPSA) is 45.2 Å². The maximum Gasteiger partial charge on any atom is 0.274 e. The minimum absolute atomic E-state index is 0.245. The van der Waals surface area contributed by atoms with Gasteiger partial charge in [0.05, 0.1) is 10.7 Å². The van der Waals surface area contributed by atoms with Gasteiger partial charge in [0, 0.05) is 25.0 Å². The molecule has 2 aromatic rings. The number of aromatic nitrogens is 1. The van der Waals surface area contributed by atoms with Crippen LogP contribution in [0.5, 0.6) is 0 Å². The summed E-state index contributed by atoms with van der Waals surface area (Å²) in [5.41, 5.74) is 2.05. The summed E-state index contributed by atoms with van der Waals surface area (Å²) in [5.74, 6) is 0.529. The van der Waals surface area contributed by atoms with E-state index in [0.29, 0.717) is 16.4 Å². The molecule has 0 aliphatic carbocycles. The van der Waals surface area contributed by atoms with Crippen molar-refractivity contribution in [3.8, 4) is 0 Å². The molecule has 23 heavy (non-hydrogen) atoms. The van der Waals surface area contributed by atoms with Crippen LogP contribution in [0.15, 0.2) is 42.6 Å². The Morgan fingerprint density at radius 3 is 2.74 bits per heavy atom. The molecule has 1 N–H and O–H groups in total. The third-order valence-corrected chi connectivity index (χ3v) is 4.58. The van der Waals surface area contributed by atoms with E-state index in [0.717, 1.165) is 24.7 Å². The predicted molar refractivity (Wildman–Crippen MR) is 94.3 cm³/mol. The van der Waals surface area contributed by atoms with Crippen molar-refractivity contribution in [1.82, 2.24) is 4.98 Å². The quantitative estimate of drug-likeness (QED) is 0.916. The molecule has 4 nitrogen and oxygen atoms in total. The number of nitrogens with zero attached hydrogens (tertiary/aromatic N) is 2. The van der Waals surface area contributed by atoms with Crippen LogP contribution in [0.4, 0.5) is 11.4 Å². The highest BCUT2D eigenvalue weighted by Crippen LogP contribution is 2.24. The fourth-order valence-electron chi connectivity index (χ4n) is 2.76. The van der Waals surface area contributed by atoms with Crippen LogP contribution in [0.1, 0.15) is 30.3 Å². The third kappa shape index (κ3) is 3.82. The number of anilines is 2. The number of hydrogen-bond acceptors (Lipinski definition) is 3. The van der Waals surface area contributed by atoms with Crippen LogP contribution in [0.3, 0.4) is 0 Å². The van der Waals surface area contributed by atoms with Crippen molar-refractivity contribution in [1.29, 1.82) is 0 Å². The Morgan fingerprint density at radius 2 is 2.00 bits per heavy atom. The second kappa shape index (κ2) is 7.01. The van der Waals surface area contributed by atoms with E-state index < -0.39 is 0 Å². The van der Waals surface area contributed by atoms with Gasteiger partial charge in [-0.2, -0.15) is 0 Å². The number of pyridine rings is 1. The van der Waals surface area contributed by atoms with Gasteiger partial charge in [-0.1, -0.05) is 30.7 Å². The second-order valence-corrected chi connectivity index (χ2v) is 6.41. The molecular formula is C18H20ClN3O. The molecule has 1 saturated heterocycles. The van der Waals surface area contributed by atoms with E-state index in [1.54, 1.807) is 18.3 Å². The molecule has 1 aromatic heterocycles. The number of para-hydroxylation sites is 1. The molecule has 3 rings (SSSR count). The maximum atomic E-state index is 12.4. The third-order valence-electron chi connectivity index (χ3n) is 4.25. The zero-order chi connectivity index (χ0) is 16.2. The molecule has 120 valence electrons. The van der Waals surface area contributed by atoms with E-state index >= 15 is 0 Å². The first-order valence-electron chi connectivity index (χ1n) is 7.90. The highest BCUT2D eigenvalue weighted by atomic mass is 35.5. The summed E-state index contributed by atoms with van der Waals surface area (Å²) in [6, 6.07) is 11.0. The average Bonchev–Trinajstić information content (AvgIpc) is 2.58. The van der Waals surface area contributed by atoms with Gasteiger partial charge in [-0.3, -0.25) is 9.78 Å². The van der Waals surface area contributed by atoms with Crippen molar-refractivity contribution >= 4 is 28.9 Å². The molecule has 0 unspecified atom stereocenters. The highest BCUT2D eigenvalue weighted by molar-refractivity contribution is 6.33. The van der Waals surface area contributed by atoms with Crippen molar-refractivity contribution in [2.45, 2.75) is 19.8 Å². The Morgan fingerprint density at radius 1 is 1.26 bits per heavy atom. The summed E-state index contributed by atoms with van der Waals surface area (Å²) in [6.07, 6.45) is 4.06. The Bertz CT molecular complexity index is 696. The summed E-state index contributed by atoms with van der Waals surface area (Å²) >= 11 is 6.08. The lowest BCUT2D eigenvalue weighted by molar-refractivity contribution is 0.102. The summed E-state index contributed by atoms with van der Waals surface area (Å²) in [7, 11) is 0. The van der Waals surface area contributed by atoms with Crippen molar-refractivity contribution in [3.63, 3.8) is 0 Å². The molecule has 0 radical (unpaired) electrons. The molecule has 1 fully saturated rings. The Kier molecular flexibility index (Phi) is 4.82. The Labute approximate surface area is 141 Å². The van der Waals surface area contributed by atoms with Crippen LogP contribution in [-0.4, -0.2) is 24.0 Å². The molecule has 1 aliphatic heterocycles. The van der Waals surface area contributed by atoms with Crippen LogP contribution in [0.2, 0.25) is 5.02 Å². The van der Waals surface area contributed by atoms with Gasteiger partial charge in [0.1, 0.15) is 5.69 Å². The van der Waals surface area contributed by atoms with E-state index in [1.807, 2.05) is 24.3 Å². The van der Waals surface area contributed by atoms with Crippen molar-refractivity contribution in [3.05, 3.63) is 53.3 Å². The van der Waals surface area contributed by atoms with Crippen molar-refractivity contribution < 1.29 is 4.79 Å². The zero-order valence-corrected chi connectivity index (χ0v) is 13.9. The second-order valence-electron chi connectivity index (χ2n) is 6.00. The van der Waals surface area contributed by atoms with Crippen LogP contribution >= 0.6 is 11.6 Å². The van der Waals surface area contributed by atoms with E-state index in [2.05, 4.69) is 22.1 Å². The molecular weight excluding hydrogens is 310 g/mol. The van der Waals surface area contributed by atoms with Gasteiger partial charge in [0.2, 0.25) is 0 Å². The molecule has 1 aromatic carbocycles. The van der Waals surface area contributed by atoms with Gasteiger partial charge in [-0.05, 0) is 43.0 Å². The van der Waals surface area contributed by atoms with Gasteiger partial charge in [0.15, 0.2) is 0 Å². The number of rotatable bonds is 3. The van der Waals surface area contributed by atoms with Crippen LogP contribution in [0, 0.1) is 5.92 Å². The molecule has 0 saturated carbocycles. The fourth-order valence-corrected chi connectivity index (χ4v) is 2.94. The lowest BCUT2D eigenvalue weighted by atomic mass is 9.99. The van der Waals surface area contributed by atoms with Crippen LogP contribution < -0.4 is 10.2 Å². The van der Waals surface area contributed by atoms with Gasteiger partial charge >= 0.3 is 0 Å². The number of benzene rings is 1. The summed E-state index contributed by atoms with van der Waals surface area (Å²) < 4.78 is 0. The molecule has 5 heteroatoms. The van der Waals surface area contributed by atoms with E-state index in [4.69, 9.17) is 11.6 Å². The van der Waals surface area contributed by atoms with Gasteiger partial charge in [-0.25, -0.2) is 0 Å². The van der Waals surface area contributed by atoms with Gasteiger partial charge < -0.3 is 10.2 Å². The Balaban J connectivity index is 1.74. The fraction of sp³-hybridized carbons (Fsp3) is 0.333. The molecule has 0 atom stereocenters. The molecule has 1 aliphatic rings. The lowest BCUT2D eigenvalue weighted by Gasteiger charge is -2.32. The number of hydrogen-bond donors (Lipinski definition) is 1. The minimum atomic E-state index is -0.245. The first-order valence-corrected chi connectivity index (χ1v) is 8.28. The summed E-state index contributed by atoms with van der Waals surface area (Å²) in [5, 5.41) is 3.33. The highest BCUT2D eigenvalue weighted by Gasteiger charge is 2.17. The minimum Gasteiger partial charge on any atom is -0.371 e. The van der Waals surface area contributed by atoms with Gasteiger partial charge in [-0.15, -0.1) is 0 Å². The molecule has 2 heterocycles. The number of piperidine rings is 1. The van der Waals surface area contributed by atoms with E-state index in [1.165, 1.54) is 12.8 Å². The number of halogens is 1. The van der Waals surface area contributed by atoms with Crippen LogP contribution in [0.25, 0.3) is 0 Å². The first-order chi connectivity index (χ1) is 11.1. The Hall–Kier alpha value is -2.07. The smallest absolute Gasteiger partial charge is 0.274 e. The zero-order valence-electron chi connectivity index (χ0n) is 13.1. The SMILES string of the molecule is CC1CCN(c2ccnc(C(=O)Nc3ccccc3Cl)c2)CC1. The predicted octanol–water partition coefficient (Wildman–Crippen LogP) is 4.22. The summed E-state index contributed by atoms with van der Waals surface area (Å²) in [4.78, 5) is 18.9. The largest absolute Gasteiger partial charge is 0.371 e. The monoisotopic (exact) mass is 329 g/mol. The number of amides is 1. The summed E-state index contributed by atoms with van der Waals surface area (Å²) in [6.45, 7) is 4.33. The van der Waals surface area contributed by atoms with Crippen molar-refractivity contribution in [2.24, 2.45) is 5.92 Å². The van der Waals surface area contributed by atoms with E-state index in [-0.39, 0.29) is 5.91 Å². The number of carbonyl (C=O) groups excluding carboxylic acids is 1. The maximum absolute atomic E-state index is 12.4. The first kappa shape index (κ1) is 15.8. The standard InChI is InChI=1S/C18H20ClN3O/c1-13-7-10-22(11-8-13)14-6-9-20-17(12-14)18(23)21-16-5-3-2-4-15(16)19/h2-6,9,12-13H,7-8,10-11H2,1H3,(H,21,23). The number of nitrogens with one attached hydrogen (secondary N) is 1. The van der Waals surface area contributed by atoms with Gasteiger partial charge in [0.25, 0.3) is 5.91 Å². The molecule has 0 bridgehead atoms. The number of carbonyl (C=O) groups is 1. The molecule has 1 amide bonds. The average molecular weight is 330 g/mol. The van der Waals surface area contributed by atoms with Crippen molar-refractivity contribution in [2.75, 3.05) is 23.3 Å². The normalized spacial score (nSPS) is 15.5.